The van der Waals surface area contributed by atoms with Crippen molar-refractivity contribution in [3.8, 4) is 0 Å². The van der Waals surface area contributed by atoms with Gasteiger partial charge in [0.25, 0.3) is 5.56 Å². The van der Waals surface area contributed by atoms with Gasteiger partial charge in [-0.3, -0.25) is 4.79 Å². The van der Waals surface area contributed by atoms with Gasteiger partial charge in [-0.05, 0) is 37.7 Å². The van der Waals surface area contributed by atoms with Crippen LogP contribution in [0.25, 0.3) is 0 Å². The van der Waals surface area contributed by atoms with Crippen LogP contribution in [-0.4, -0.2) is 28.1 Å². The molecule has 0 aromatic carbocycles. The highest BCUT2D eigenvalue weighted by Gasteiger charge is 2.20. The maximum atomic E-state index is 12.1. The van der Waals surface area contributed by atoms with Gasteiger partial charge in [0.1, 0.15) is 5.02 Å². The second-order valence-corrected chi connectivity index (χ2v) is 4.76. The van der Waals surface area contributed by atoms with E-state index in [4.69, 9.17) is 21.4 Å². The maximum absolute atomic E-state index is 12.1. The standard InChI is InChI=1S/C12H17ClN2O3/c13-11-9(4-3-6-16)8-14-15(12(11)17)10-5-1-2-7-18-10/h8,10,16H,1-7H2. The van der Waals surface area contributed by atoms with E-state index in [1.54, 1.807) is 6.20 Å². The Morgan fingerprint density at radius 3 is 3.06 bits per heavy atom. The zero-order valence-corrected chi connectivity index (χ0v) is 10.9. The summed E-state index contributed by atoms with van der Waals surface area (Å²) in [5, 5.41) is 13.1. The Hall–Kier alpha value is -0.910. The van der Waals surface area contributed by atoms with Gasteiger partial charge in [0.05, 0.1) is 6.20 Å². The van der Waals surface area contributed by atoms with Gasteiger partial charge in [-0.1, -0.05) is 11.6 Å². The summed E-state index contributed by atoms with van der Waals surface area (Å²) in [4.78, 5) is 12.1. The Labute approximate surface area is 110 Å². The zero-order valence-electron chi connectivity index (χ0n) is 10.1. The molecule has 0 bridgehead atoms. The molecular formula is C12H17ClN2O3. The summed E-state index contributed by atoms with van der Waals surface area (Å²) in [5.74, 6) is 0. The molecule has 0 aliphatic carbocycles. The lowest BCUT2D eigenvalue weighted by atomic mass is 10.1. The predicted octanol–water partition coefficient (Wildman–Crippen LogP) is 1.52. The highest BCUT2D eigenvalue weighted by molar-refractivity contribution is 6.31. The van der Waals surface area contributed by atoms with Gasteiger partial charge >= 0.3 is 0 Å². The second kappa shape index (κ2) is 6.31. The minimum Gasteiger partial charge on any atom is -0.396 e. The van der Waals surface area contributed by atoms with Crippen molar-refractivity contribution in [3.63, 3.8) is 0 Å². The third-order valence-corrected chi connectivity index (χ3v) is 3.45. The van der Waals surface area contributed by atoms with Gasteiger partial charge < -0.3 is 9.84 Å². The first-order valence-corrected chi connectivity index (χ1v) is 6.60. The molecule has 1 saturated heterocycles. The normalized spacial score (nSPS) is 20.0. The molecule has 1 aromatic heterocycles. The van der Waals surface area contributed by atoms with Crippen LogP contribution in [0.2, 0.25) is 5.02 Å². The number of halogens is 1. The smallest absolute Gasteiger partial charge is 0.288 e. The highest BCUT2D eigenvalue weighted by atomic mass is 35.5. The van der Waals surface area contributed by atoms with Gasteiger partial charge in [-0.15, -0.1) is 0 Å². The number of rotatable bonds is 4. The summed E-state index contributed by atoms with van der Waals surface area (Å²) in [6, 6.07) is 0. The van der Waals surface area contributed by atoms with Crippen molar-refractivity contribution in [2.75, 3.05) is 13.2 Å². The van der Waals surface area contributed by atoms with Crippen molar-refractivity contribution < 1.29 is 9.84 Å². The van der Waals surface area contributed by atoms with Gasteiger partial charge in [-0.2, -0.15) is 9.78 Å². The lowest BCUT2D eigenvalue weighted by Gasteiger charge is -2.23. The molecule has 1 unspecified atom stereocenters. The topological polar surface area (TPSA) is 64.3 Å². The fourth-order valence-corrected chi connectivity index (χ4v) is 2.27. The Morgan fingerprint density at radius 2 is 2.39 bits per heavy atom. The summed E-state index contributed by atoms with van der Waals surface area (Å²) in [5.41, 5.74) is 0.377. The van der Waals surface area contributed by atoms with Crippen LogP contribution in [0.1, 0.15) is 37.5 Å². The van der Waals surface area contributed by atoms with Crippen LogP contribution in [0.4, 0.5) is 0 Å². The molecule has 18 heavy (non-hydrogen) atoms. The Bertz CT molecular complexity index is 455. The summed E-state index contributed by atoms with van der Waals surface area (Å²) in [6.07, 6.45) is 5.28. The van der Waals surface area contributed by atoms with E-state index in [1.165, 1.54) is 4.68 Å². The number of hydrogen-bond acceptors (Lipinski definition) is 4. The van der Waals surface area contributed by atoms with Crippen molar-refractivity contribution >= 4 is 11.6 Å². The molecule has 100 valence electrons. The van der Waals surface area contributed by atoms with Crippen LogP contribution in [0.5, 0.6) is 0 Å². The quantitative estimate of drug-likeness (QED) is 0.903. The Balaban J connectivity index is 2.22. The summed E-state index contributed by atoms with van der Waals surface area (Å²) in [6.45, 7) is 0.730. The molecule has 1 aromatic rings. The van der Waals surface area contributed by atoms with E-state index in [0.717, 1.165) is 19.3 Å². The number of aromatic nitrogens is 2. The average molecular weight is 273 g/mol. The van der Waals surface area contributed by atoms with E-state index >= 15 is 0 Å². The fourth-order valence-electron chi connectivity index (χ4n) is 2.04. The molecule has 0 radical (unpaired) electrons. The molecule has 1 aliphatic heterocycles. The fraction of sp³-hybridized carbons (Fsp3) is 0.667. The molecule has 2 heterocycles. The number of aliphatic hydroxyl groups excluding tert-OH is 1. The third kappa shape index (κ3) is 2.91. The Kier molecular flexibility index (Phi) is 4.74. The molecule has 5 nitrogen and oxygen atoms in total. The minimum atomic E-state index is -0.306. The largest absolute Gasteiger partial charge is 0.396 e. The van der Waals surface area contributed by atoms with Gasteiger partial charge in [0.15, 0.2) is 6.23 Å². The second-order valence-electron chi connectivity index (χ2n) is 4.38. The first kappa shape index (κ1) is 13.5. The van der Waals surface area contributed by atoms with Crippen molar-refractivity contribution in [1.82, 2.24) is 9.78 Å². The molecular weight excluding hydrogens is 256 g/mol. The van der Waals surface area contributed by atoms with E-state index in [-0.39, 0.29) is 23.4 Å². The third-order valence-electron chi connectivity index (χ3n) is 3.05. The summed E-state index contributed by atoms with van der Waals surface area (Å²) >= 11 is 6.04. The molecule has 0 amide bonds. The van der Waals surface area contributed by atoms with E-state index in [0.29, 0.717) is 25.0 Å². The van der Waals surface area contributed by atoms with Crippen LogP contribution in [0.3, 0.4) is 0 Å². The summed E-state index contributed by atoms with van der Waals surface area (Å²) in [7, 11) is 0. The van der Waals surface area contributed by atoms with Crippen molar-refractivity contribution in [3.05, 3.63) is 27.1 Å². The van der Waals surface area contributed by atoms with Crippen molar-refractivity contribution in [2.45, 2.75) is 38.3 Å². The molecule has 6 heteroatoms. The molecule has 1 aliphatic rings. The predicted molar refractivity (Wildman–Crippen MR) is 67.8 cm³/mol. The van der Waals surface area contributed by atoms with E-state index in [1.807, 2.05) is 0 Å². The lowest BCUT2D eigenvalue weighted by Crippen LogP contribution is -2.31. The van der Waals surface area contributed by atoms with Gasteiger partial charge in [-0.25, -0.2) is 0 Å². The van der Waals surface area contributed by atoms with Crippen molar-refractivity contribution in [1.29, 1.82) is 0 Å². The SMILES string of the molecule is O=c1c(Cl)c(CCCO)cnn1C1CCCCO1. The van der Waals surface area contributed by atoms with E-state index in [9.17, 15) is 4.79 Å². The number of hydrogen-bond donors (Lipinski definition) is 1. The summed E-state index contributed by atoms with van der Waals surface area (Å²) < 4.78 is 6.85. The van der Waals surface area contributed by atoms with Gasteiger partial charge in [0, 0.05) is 13.2 Å². The first-order valence-electron chi connectivity index (χ1n) is 6.22. The van der Waals surface area contributed by atoms with E-state index < -0.39 is 0 Å². The molecule has 1 fully saturated rings. The average Bonchev–Trinajstić information content (AvgIpc) is 2.41. The van der Waals surface area contributed by atoms with Crippen LogP contribution in [0, 0.1) is 0 Å². The monoisotopic (exact) mass is 272 g/mol. The molecule has 1 N–H and O–H groups in total. The molecule has 0 spiro atoms. The lowest BCUT2D eigenvalue weighted by molar-refractivity contribution is -0.0425. The molecule has 2 rings (SSSR count). The zero-order chi connectivity index (χ0) is 13.0. The highest BCUT2D eigenvalue weighted by Crippen LogP contribution is 2.21. The van der Waals surface area contributed by atoms with E-state index in [2.05, 4.69) is 5.10 Å². The minimum absolute atomic E-state index is 0.0746. The van der Waals surface area contributed by atoms with Gasteiger partial charge in [0.2, 0.25) is 0 Å². The van der Waals surface area contributed by atoms with Crippen LogP contribution < -0.4 is 5.56 Å². The number of aliphatic hydroxyl groups is 1. The van der Waals surface area contributed by atoms with Crippen LogP contribution in [-0.2, 0) is 11.2 Å². The maximum Gasteiger partial charge on any atom is 0.288 e. The number of aryl methyl sites for hydroxylation is 1. The molecule has 0 saturated carbocycles. The van der Waals surface area contributed by atoms with Crippen molar-refractivity contribution in [2.24, 2.45) is 0 Å². The Morgan fingerprint density at radius 1 is 1.56 bits per heavy atom. The number of nitrogens with zero attached hydrogens (tertiary/aromatic N) is 2. The number of ether oxygens (including phenoxy) is 1. The van der Waals surface area contributed by atoms with Crippen LogP contribution in [0.15, 0.2) is 11.0 Å². The first-order chi connectivity index (χ1) is 8.74. The van der Waals surface area contributed by atoms with Crippen LogP contribution >= 0.6 is 11.6 Å². The molecule has 1 atom stereocenters.